The molecule has 142 valence electrons. The fourth-order valence-corrected chi connectivity index (χ4v) is 2.46. The summed E-state index contributed by atoms with van der Waals surface area (Å²) in [7, 11) is 3.97. The van der Waals surface area contributed by atoms with Gasteiger partial charge in [-0.05, 0) is 39.3 Å². The quantitative estimate of drug-likeness (QED) is 0.367. The Morgan fingerprint density at radius 1 is 1.16 bits per heavy atom. The molecule has 0 aliphatic heterocycles. The van der Waals surface area contributed by atoms with Gasteiger partial charge in [0.1, 0.15) is 0 Å². The van der Waals surface area contributed by atoms with Crippen molar-refractivity contribution in [1.82, 2.24) is 15.5 Å². The summed E-state index contributed by atoms with van der Waals surface area (Å²) in [5.74, 6) is 0.855. The highest BCUT2D eigenvalue weighted by Crippen LogP contribution is 2.15. The summed E-state index contributed by atoms with van der Waals surface area (Å²) in [5.41, 5.74) is 1.22. The van der Waals surface area contributed by atoms with E-state index in [9.17, 15) is 0 Å². The molecule has 0 heterocycles. The van der Waals surface area contributed by atoms with E-state index >= 15 is 0 Å². The van der Waals surface area contributed by atoms with E-state index in [0.717, 1.165) is 38.6 Å². The minimum absolute atomic E-state index is 0.134. The van der Waals surface area contributed by atoms with Gasteiger partial charge in [0.25, 0.3) is 0 Å². The van der Waals surface area contributed by atoms with Crippen LogP contribution in [-0.4, -0.2) is 57.2 Å². The van der Waals surface area contributed by atoms with Gasteiger partial charge in [-0.1, -0.05) is 37.3 Å². The number of nitrogens with zero attached hydrogens (tertiary/aromatic N) is 2. The van der Waals surface area contributed by atoms with Crippen LogP contribution in [0, 0.1) is 0 Å². The molecular weight excluding hydrogens is 312 g/mol. The smallest absolute Gasteiger partial charge is 0.191 e. The first-order valence-electron chi connectivity index (χ1n) is 9.39. The van der Waals surface area contributed by atoms with E-state index in [1.807, 2.05) is 25.2 Å². The highest BCUT2D eigenvalue weighted by molar-refractivity contribution is 5.79. The van der Waals surface area contributed by atoms with E-state index < -0.39 is 0 Å². The van der Waals surface area contributed by atoms with Crippen molar-refractivity contribution in [2.24, 2.45) is 4.99 Å². The summed E-state index contributed by atoms with van der Waals surface area (Å²) in [6.45, 7) is 10.0. The minimum atomic E-state index is 0.134. The van der Waals surface area contributed by atoms with E-state index in [1.165, 1.54) is 12.0 Å². The van der Waals surface area contributed by atoms with E-state index in [-0.39, 0.29) is 6.10 Å². The maximum atomic E-state index is 5.89. The molecule has 0 amide bonds. The summed E-state index contributed by atoms with van der Waals surface area (Å²) >= 11 is 0. The summed E-state index contributed by atoms with van der Waals surface area (Å²) in [5, 5.41) is 6.70. The van der Waals surface area contributed by atoms with Gasteiger partial charge in [-0.15, -0.1) is 0 Å². The third kappa shape index (κ3) is 8.89. The predicted octanol–water partition coefficient (Wildman–Crippen LogP) is 3.05. The van der Waals surface area contributed by atoms with E-state index in [2.05, 4.69) is 60.5 Å². The molecule has 1 aromatic carbocycles. The summed E-state index contributed by atoms with van der Waals surface area (Å²) in [6.07, 6.45) is 2.25. The van der Waals surface area contributed by atoms with Crippen molar-refractivity contribution in [3.63, 3.8) is 0 Å². The Labute approximate surface area is 153 Å². The zero-order valence-corrected chi connectivity index (χ0v) is 16.6. The van der Waals surface area contributed by atoms with Crippen LogP contribution in [0.3, 0.4) is 0 Å². The van der Waals surface area contributed by atoms with Crippen molar-refractivity contribution < 1.29 is 4.74 Å². The second-order valence-electron chi connectivity index (χ2n) is 6.44. The number of nitrogens with one attached hydrogen (secondary N) is 2. The lowest BCUT2D eigenvalue weighted by Crippen LogP contribution is -2.42. The summed E-state index contributed by atoms with van der Waals surface area (Å²) in [4.78, 5) is 6.63. The van der Waals surface area contributed by atoms with Crippen LogP contribution in [0.2, 0.25) is 0 Å². The predicted molar refractivity (Wildman–Crippen MR) is 107 cm³/mol. The first-order valence-corrected chi connectivity index (χ1v) is 9.39. The van der Waals surface area contributed by atoms with Crippen molar-refractivity contribution >= 4 is 5.96 Å². The van der Waals surface area contributed by atoms with Crippen LogP contribution in [0.4, 0.5) is 0 Å². The molecule has 0 aliphatic rings. The number of aliphatic imine (C=N–C) groups is 1. The topological polar surface area (TPSA) is 48.9 Å². The minimum Gasteiger partial charge on any atom is -0.374 e. The Hall–Kier alpha value is -1.59. The first kappa shape index (κ1) is 21.5. The van der Waals surface area contributed by atoms with Gasteiger partial charge in [0, 0.05) is 39.3 Å². The fraction of sp³-hybridized carbons (Fsp3) is 0.650. The zero-order chi connectivity index (χ0) is 18.5. The van der Waals surface area contributed by atoms with Gasteiger partial charge >= 0.3 is 0 Å². The van der Waals surface area contributed by atoms with E-state index in [4.69, 9.17) is 4.74 Å². The molecule has 0 saturated heterocycles. The average molecular weight is 349 g/mol. The van der Waals surface area contributed by atoms with Crippen LogP contribution in [0.25, 0.3) is 0 Å². The van der Waals surface area contributed by atoms with Crippen molar-refractivity contribution in [1.29, 1.82) is 0 Å². The lowest BCUT2D eigenvalue weighted by atomic mass is 10.1. The molecule has 0 saturated carbocycles. The second kappa shape index (κ2) is 12.7. The Kier molecular flexibility index (Phi) is 10.9. The highest BCUT2D eigenvalue weighted by Gasteiger charge is 2.07. The monoisotopic (exact) mass is 348 g/mol. The number of ether oxygens (including phenoxy) is 1. The Morgan fingerprint density at radius 3 is 2.48 bits per heavy atom. The molecule has 0 fully saturated rings. The molecule has 5 nitrogen and oxygen atoms in total. The summed E-state index contributed by atoms with van der Waals surface area (Å²) in [6, 6.07) is 10.9. The van der Waals surface area contributed by atoms with Gasteiger partial charge in [-0.3, -0.25) is 4.99 Å². The van der Waals surface area contributed by atoms with Crippen LogP contribution in [0.15, 0.2) is 35.3 Å². The van der Waals surface area contributed by atoms with E-state index in [1.54, 1.807) is 0 Å². The zero-order valence-electron chi connectivity index (χ0n) is 16.6. The molecule has 5 heteroatoms. The molecular formula is C20H36N4O. The maximum absolute atomic E-state index is 5.89. The second-order valence-corrected chi connectivity index (χ2v) is 6.44. The van der Waals surface area contributed by atoms with Gasteiger partial charge in [-0.25, -0.2) is 0 Å². The summed E-state index contributed by atoms with van der Waals surface area (Å²) < 4.78 is 5.89. The van der Waals surface area contributed by atoms with Gasteiger partial charge in [-0.2, -0.15) is 0 Å². The molecule has 0 radical (unpaired) electrons. The first-order chi connectivity index (χ1) is 12.1. The van der Waals surface area contributed by atoms with E-state index in [0.29, 0.717) is 6.04 Å². The average Bonchev–Trinajstić information content (AvgIpc) is 2.65. The third-order valence-corrected chi connectivity index (χ3v) is 4.57. The number of likely N-dealkylation sites (N-methyl/N-ethyl adjacent to an activating group) is 1. The SMILES string of the molecule is CCC(C)N(C)CCNC(=NC)NCCCOC(C)c1ccccc1. The molecule has 1 aromatic rings. The molecule has 2 unspecified atom stereocenters. The fourth-order valence-electron chi connectivity index (χ4n) is 2.46. The molecule has 0 aliphatic carbocycles. The van der Waals surface area contributed by atoms with Crippen LogP contribution in [0.5, 0.6) is 0 Å². The highest BCUT2D eigenvalue weighted by atomic mass is 16.5. The molecule has 0 bridgehead atoms. The largest absolute Gasteiger partial charge is 0.374 e. The van der Waals surface area contributed by atoms with Crippen LogP contribution in [0.1, 0.15) is 45.3 Å². The van der Waals surface area contributed by atoms with Gasteiger partial charge < -0.3 is 20.3 Å². The van der Waals surface area contributed by atoms with Gasteiger partial charge in [0.2, 0.25) is 0 Å². The molecule has 0 spiro atoms. The third-order valence-electron chi connectivity index (χ3n) is 4.57. The van der Waals surface area contributed by atoms with Crippen LogP contribution >= 0.6 is 0 Å². The normalized spacial score (nSPS) is 14.4. The molecule has 2 atom stereocenters. The number of guanidine groups is 1. The van der Waals surface area contributed by atoms with Crippen molar-refractivity contribution in [2.45, 2.75) is 45.8 Å². The Morgan fingerprint density at radius 2 is 1.84 bits per heavy atom. The van der Waals surface area contributed by atoms with Crippen molar-refractivity contribution in [3.05, 3.63) is 35.9 Å². The Bertz CT molecular complexity index is 478. The Balaban J connectivity index is 2.13. The van der Waals surface area contributed by atoms with Crippen LogP contribution in [-0.2, 0) is 4.74 Å². The number of hydrogen-bond donors (Lipinski definition) is 2. The van der Waals surface area contributed by atoms with Gasteiger partial charge in [0.15, 0.2) is 5.96 Å². The number of benzene rings is 1. The number of rotatable bonds is 11. The van der Waals surface area contributed by atoms with Crippen LogP contribution < -0.4 is 10.6 Å². The standard InChI is InChI=1S/C20H36N4O/c1-6-17(2)24(5)15-14-23-20(21-4)22-13-10-16-25-18(3)19-11-8-7-9-12-19/h7-9,11-12,17-18H,6,10,13-16H2,1-5H3,(H2,21,22,23). The van der Waals surface area contributed by atoms with Crippen molar-refractivity contribution in [3.8, 4) is 0 Å². The molecule has 1 rings (SSSR count). The molecule has 0 aromatic heterocycles. The maximum Gasteiger partial charge on any atom is 0.191 e. The molecule has 25 heavy (non-hydrogen) atoms. The molecule has 2 N–H and O–H groups in total. The number of hydrogen-bond acceptors (Lipinski definition) is 3. The van der Waals surface area contributed by atoms with Crippen molar-refractivity contribution in [2.75, 3.05) is 40.3 Å². The van der Waals surface area contributed by atoms with Gasteiger partial charge in [0.05, 0.1) is 6.10 Å². The lowest BCUT2D eigenvalue weighted by molar-refractivity contribution is 0.0646. The lowest BCUT2D eigenvalue weighted by Gasteiger charge is -2.24.